The van der Waals surface area contributed by atoms with Gasteiger partial charge in [-0.15, -0.1) is 0 Å². The van der Waals surface area contributed by atoms with Crippen LogP contribution in [-0.2, 0) is 9.59 Å². The maximum atomic E-state index is 12.0. The van der Waals surface area contributed by atoms with Crippen LogP contribution < -0.4 is 5.32 Å². The van der Waals surface area contributed by atoms with Crippen LogP contribution in [0.4, 0.5) is 0 Å². The molecule has 5 nitrogen and oxygen atoms in total. The first-order valence-electron chi connectivity index (χ1n) is 7.77. The summed E-state index contributed by atoms with van der Waals surface area (Å²) in [6.07, 6.45) is 7.07. The Bertz CT molecular complexity index is 312. The van der Waals surface area contributed by atoms with Crippen molar-refractivity contribution in [3.8, 4) is 0 Å². The molecule has 0 saturated heterocycles. The van der Waals surface area contributed by atoms with Crippen molar-refractivity contribution in [3.63, 3.8) is 0 Å². The topological polar surface area (TPSA) is 69.6 Å². The number of carboxylic acids is 1. The number of carbonyl (C=O) groups excluding carboxylic acids is 1. The molecule has 0 spiro atoms. The zero-order chi connectivity index (χ0) is 15.0. The van der Waals surface area contributed by atoms with Crippen LogP contribution in [0.2, 0.25) is 0 Å². The molecule has 0 aromatic carbocycles. The summed E-state index contributed by atoms with van der Waals surface area (Å²) in [5.41, 5.74) is 0. The lowest BCUT2D eigenvalue weighted by Crippen LogP contribution is -2.43. The molecule has 1 aliphatic rings. The number of hydrogen-bond donors (Lipinski definition) is 2. The fraction of sp³-hybridized carbons (Fsp3) is 0.867. The van der Waals surface area contributed by atoms with E-state index in [1.165, 1.54) is 25.7 Å². The van der Waals surface area contributed by atoms with Gasteiger partial charge in [0.2, 0.25) is 5.91 Å². The molecule has 20 heavy (non-hydrogen) atoms. The maximum Gasteiger partial charge on any atom is 0.307 e. The molecule has 0 aromatic heterocycles. The van der Waals surface area contributed by atoms with Crippen molar-refractivity contribution < 1.29 is 14.7 Å². The SMILES string of the molecule is CCN(CC(=O)NC1CCCCCC1)CC(C)C(=O)O. The number of nitrogens with one attached hydrogen (secondary N) is 1. The van der Waals surface area contributed by atoms with Gasteiger partial charge in [-0.3, -0.25) is 14.5 Å². The van der Waals surface area contributed by atoms with Gasteiger partial charge in [-0.05, 0) is 19.4 Å². The van der Waals surface area contributed by atoms with E-state index in [4.69, 9.17) is 5.11 Å². The lowest BCUT2D eigenvalue weighted by atomic mass is 10.1. The van der Waals surface area contributed by atoms with E-state index in [2.05, 4.69) is 5.32 Å². The van der Waals surface area contributed by atoms with Gasteiger partial charge in [0.25, 0.3) is 0 Å². The molecule has 1 atom stereocenters. The predicted octanol–water partition coefficient (Wildman–Crippen LogP) is 1.87. The number of carboxylic acid groups (broad SMARTS) is 1. The molecule has 1 saturated carbocycles. The maximum absolute atomic E-state index is 12.0. The Morgan fingerprint density at radius 1 is 1.25 bits per heavy atom. The Balaban J connectivity index is 2.36. The summed E-state index contributed by atoms with van der Waals surface area (Å²) in [6, 6.07) is 0.306. The van der Waals surface area contributed by atoms with Gasteiger partial charge >= 0.3 is 5.97 Å². The van der Waals surface area contributed by atoms with Crippen LogP contribution in [0.5, 0.6) is 0 Å². The minimum atomic E-state index is -0.812. The summed E-state index contributed by atoms with van der Waals surface area (Å²) < 4.78 is 0. The number of nitrogens with zero attached hydrogens (tertiary/aromatic N) is 1. The highest BCUT2D eigenvalue weighted by molar-refractivity contribution is 5.78. The second kappa shape index (κ2) is 8.95. The highest BCUT2D eigenvalue weighted by Crippen LogP contribution is 2.17. The Labute approximate surface area is 121 Å². The molecule has 0 aliphatic heterocycles. The molecule has 1 aliphatic carbocycles. The van der Waals surface area contributed by atoms with Crippen molar-refractivity contribution in [2.75, 3.05) is 19.6 Å². The van der Waals surface area contributed by atoms with E-state index in [9.17, 15) is 9.59 Å². The van der Waals surface area contributed by atoms with Crippen molar-refractivity contribution in [3.05, 3.63) is 0 Å². The average Bonchev–Trinajstić information content (AvgIpc) is 2.66. The second-order valence-electron chi connectivity index (χ2n) is 5.82. The molecule has 1 rings (SSSR count). The molecular formula is C15H28N2O3. The van der Waals surface area contributed by atoms with E-state index in [1.54, 1.807) is 6.92 Å². The number of rotatable bonds is 7. The Morgan fingerprint density at radius 3 is 2.35 bits per heavy atom. The monoisotopic (exact) mass is 284 g/mol. The summed E-state index contributed by atoms with van der Waals surface area (Å²) in [5, 5.41) is 12.0. The lowest BCUT2D eigenvalue weighted by molar-refractivity contribution is -0.142. The number of likely N-dealkylation sites (N-methyl/N-ethyl adjacent to an activating group) is 1. The van der Waals surface area contributed by atoms with E-state index in [0.29, 0.717) is 25.7 Å². The normalized spacial score (nSPS) is 18.6. The number of carbonyl (C=O) groups is 2. The Hall–Kier alpha value is -1.10. The molecule has 0 heterocycles. The number of hydrogen-bond acceptors (Lipinski definition) is 3. The van der Waals surface area contributed by atoms with Crippen molar-refractivity contribution in [1.82, 2.24) is 10.2 Å². The summed E-state index contributed by atoms with van der Waals surface area (Å²) in [6.45, 7) is 5.03. The fourth-order valence-corrected chi connectivity index (χ4v) is 2.67. The Kier molecular flexibility index (Phi) is 7.59. The van der Waals surface area contributed by atoms with Crippen LogP contribution in [0, 0.1) is 5.92 Å². The minimum absolute atomic E-state index is 0.0244. The van der Waals surface area contributed by atoms with Gasteiger partial charge in [0.15, 0.2) is 0 Å². The Morgan fingerprint density at radius 2 is 1.85 bits per heavy atom. The smallest absolute Gasteiger partial charge is 0.307 e. The highest BCUT2D eigenvalue weighted by atomic mass is 16.4. The lowest BCUT2D eigenvalue weighted by Gasteiger charge is -2.23. The minimum Gasteiger partial charge on any atom is -0.481 e. The van der Waals surface area contributed by atoms with Crippen LogP contribution in [0.1, 0.15) is 52.4 Å². The summed E-state index contributed by atoms with van der Waals surface area (Å²) in [4.78, 5) is 24.8. The third-order valence-corrected chi connectivity index (χ3v) is 3.99. The quantitative estimate of drug-likeness (QED) is 0.700. The van der Waals surface area contributed by atoms with Crippen LogP contribution in [0.3, 0.4) is 0 Å². The largest absolute Gasteiger partial charge is 0.481 e. The van der Waals surface area contributed by atoms with Crippen LogP contribution in [0.25, 0.3) is 0 Å². The predicted molar refractivity (Wildman–Crippen MR) is 78.5 cm³/mol. The molecule has 1 fully saturated rings. The zero-order valence-electron chi connectivity index (χ0n) is 12.7. The van der Waals surface area contributed by atoms with Crippen LogP contribution in [-0.4, -0.2) is 47.6 Å². The summed E-state index contributed by atoms with van der Waals surface area (Å²) in [7, 11) is 0. The van der Waals surface area contributed by atoms with Crippen molar-refractivity contribution in [2.45, 2.75) is 58.4 Å². The van der Waals surface area contributed by atoms with E-state index >= 15 is 0 Å². The van der Waals surface area contributed by atoms with Gasteiger partial charge in [0.1, 0.15) is 0 Å². The first kappa shape index (κ1) is 17.0. The molecular weight excluding hydrogens is 256 g/mol. The number of amides is 1. The van der Waals surface area contributed by atoms with Crippen LogP contribution >= 0.6 is 0 Å². The molecule has 0 bridgehead atoms. The van der Waals surface area contributed by atoms with Crippen molar-refractivity contribution >= 4 is 11.9 Å². The molecule has 5 heteroatoms. The van der Waals surface area contributed by atoms with Crippen molar-refractivity contribution in [2.24, 2.45) is 5.92 Å². The highest BCUT2D eigenvalue weighted by Gasteiger charge is 2.19. The van der Waals surface area contributed by atoms with Gasteiger partial charge in [0.05, 0.1) is 12.5 Å². The van der Waals surface area contributed by atoms with E-state index in [0.717, 1.165) is 12.8 Å². The van der Waals surface area contributed by atoms with Crippen molar-refractivity contribution in [1.29, 1.82) is 0 Å². The molecule has 0 radical (unpaired) electrons. The number of aliphatic carboxylic acids is 1. The molecule has 0 aromatic rings. The molecule has 1 unspecified atom stereocenters. The molecule has 2 N–H and O–H groups in total. The van der Waals surface area contributed by atoms with Gasteiger partial charge in [-0.1, -0.05) is 39.5 Å². The third kappa shape index (κ3) is 6.37. The standard InChI is InChI=1S/C15H28N2O3/c1-3-17(10-12(2)15(19)20)11-14(18)16-13-8-6-4-5-7-9-13/h12-13H,3-11H2,1-2H3,(H,16,18)(H,19,20). The van der Waals surface area contributed by atoms with E-state index < -0.39 is 11.9 Å². The zero-order valence-corrected chi connectivity index (χ0v) is 12.7. The van der Waals surface area contributed by atoms with Gasteiger partial charge in [-0.2, -0.15) is 0 Å². The van der Waals surface area contributed by atoms with Crippen LogP contribution in [0.15, 0.2) is 0 Å². The van der Waals surface area contributed by atoms with Gasteiger partial charge in [0, 0.05) is 12.6 Å². The third-order valence-electron chi connectivity index (χ3n) is 3.99. The molecule has 1 amide bonds. The summed E-state index contributed by atoms with van der Waals surface area (Å²) >= 11 is 0. The summed E-state index contributed by atoms with van der Waals surface area (Å²) in [5.74, 6) is -1.23. The average molecular weight is 284 g/mol. The first-order chi connectivity index (χ1) is 9.52. The fourth-order valence-electron chi connectivity index (χ4n) is 2.67. The first-order valence-corrected chi connectivity index (χ1v) is 7.77. The van der Waals surface area contributed by atoms with E-state index in [1.807, 2.05) is 11.8 Å². The molecule has 116 valence electrons. The second-order valence-corrected chi connectivity index (χ2v) is 5.82. The van der Waals surface area contributed by atoms with Gasteiger partial charge in [-0.25, -0.2) is 0 Å². The van der Waals surface area contributed by atoms with E-state index in [-0.39, 0.29) is 5.91 Å². The van der Waals surface area contributed by atoms with Gasteiger partial charge < -0.3 is 10.4 Å².